The molecule has 20 heavy (non-hydrogen) atoms. The van der Waals surface area contributed by atoms with Crippen LogP contribution in [0.4, 0.5) is 4.79 Å². The predicted molar refractivity (Wildman–Crippen MR) is 77.8 cm³/mol. The number of likely N-dealkylation sites (tertiary alicyclic amines) is 1. The van der Waals surface area contributed by atoms with Gasteiger partial charge < -0.3 is 19.3 Å². The zero-order valence-electron chi connectivity index (χ0n) is 13.4. The molecule has 2 rings (SSSR count). The summed E-state index contributed by atoms with van der Waals surface area (Å²) in [7, 11) is 1.85. The first kappa shape index (κ1) is 15.6. The van der Waals surface area contributed by atoms with Crippen LogP contribution in [0.15, 0.2) is 0 Å². The molecule has 2 aliphatic rings. The van der Waals surface area contributed by atoms with Gasteiger partial charge in [-0.25, -0.2) is 4.79 Å². The van der Waals surface area contributed by atoms with E-state index in [0.717, 1.165) is 39.1 Å². The molecule has 2 aliphatic heterocycles. The minimum Gasteiger partial charge on any atom is -0.444 e. The predicted octanol–water partition coefficient (Wildman–Crippen LogP) is 2.11. The smallest absolute Gasteiger partial charge is 0.410 e. The molecule has 0 bridgehead atoms. The highest BCUT2D eigenvalue weighted by Gasteiger charge is 2.41. The van der Waals surface area contributed by atoms with Crippen molar-refractivity contribution in [1.29, 1.82) is 0 Å². The van der Waals surface area contributed by atoms with Crippen molar-refractivity contribution in [2.75, 3.05) is 33.3 Å². The second-order valence-corrected chi connectivity index (χ2v) is 7.34. The van der Waals surface area contributed by atoms with Crippen molar-refractivity contribution in [2.24, 2.45) is 0 Å². The summed E-state index contributed by atoms with van der Waals surface area (Å²) in [6.07, 6.45) is 1.80. The molecular formula is C15H28N2O3. The van der Waals surface area contributed by atoms with E-state index in [-0.39, 0.29) is 17.7 Å². The Morgan fingerprint density at radius 3 is 2.40 bits per heavy atom. The van der Waals surface area contributed by atoms with Gasteiger partial charge in [0.25, 0.3) is 0 Å². The molecule has 1 amide bonds. The zero-order valence-corrected chi connectivity index (χ0v) is 13.4. The minimum atomic E-state index is -0.427. The topological polar surface area (TPSA) is 45.3 Å². The van der Waals surface area contributed by atoms with Gasteiger partial charge in [-0.15, -0.1) is 0 Å². The van der Waals surface area contributed by atoms with Crippen LogP contribution in [0.25, 0.3) is 0 Å². The largest absolute Gasteiger partial charge is 0.444 e. The van der Waals surface area contributed by atoms with Crippen LogP contribution in [-0.4, -0.2) is 66.4 Å². The van der Waals surface area contributed by atoms with Crippen LogP contribution in [0, 0.1) is 0 Å². The number of hydrogen-bond donors (Lipinski definition) is 0. The van der Waals surface area contributed by atoms with Crippen molar-refractivity contribution in [2.45, 2.75) is 57.8 Å². The molecule has 2 saturated heterocycles. The van der Waals surface area contributed by atoms with E-state index < -0.39 is 5.60 Å². The van der Waals surface area contributed by atoms with Crippen LogP contribution < -0.4 is 0 Å². The average molecular weight is 284 g/mol. The third-order valence-corrected chi connectivity index (χ3v) is 3.98. The highest BCUT2D eigenvalue weighted by Crippen LogP contribution is 2.28. The SMILES string of the molecule is CN(C(=O)OC(C)(C)C)C1CCN(CC2(C)CO2)CC1. The lowest BCUT2D eigenvalue weighted by Gasteiger charge is -2.37. The molecule has 0 aromatic heterocycles. The quantitative estimate of drug-likeness (QED) is 0.745. The highest BCUT2D eigenvalue weighted by atomic mass is 16.6. The number of ether oxygens (including phenoxy) is 2. The average Bonchev–Trinajstić information content (AvgIpc) is 3.04. The van der Waals surface area contributed by atoms with Crippen molar-refractivity contribution >= 4 is 6.09 Å². The Hall–Kier alpha value is -0.810. The van der Waals surface area contributed by atoms with Crippen LogP contribution in [0.3, 0.4) is 0 Å². The molecule has 1 atom stereocenters. The third kappa shape index (κ3) is 4.35. The number of piperidine rings is 1. The Kier molecular flexibility index (Phi) is 4.30. The number of carbonyl (C=O) groups excluding carboxylic acids is 1. The molecule has 0 N–H and O–H groups in total. The lowest BCUT2D eigenvalue weighted by molar-refractivity contribution is 0.0143. The van der Waals surface area contributed by atoms with Crippen molar-refractivity contribution in [3.05, 3.63) is 0 Å². The number of nitrogens with zero attached hydrogens (tertiary/aromatic N) is 2. The molecule has 0 saturated carbocycles. The van der Waals surface area contributed by atoms with Gasteiger partial charge in [0, 0.05) is 32.7 Å². The lowest BCUT2D eigenvalue weighted by Crippen LogP contribution is -2.48. The van der Waals surface area contributed by atoms with E-state index in [1.165, 1.54) is 0 Å². The molecule has 116 valence electrons. The molecule has 1 unspecified atom stereocenters. The molecule has 5 heteroatoms. The second-order valence-electron chi connectivity index (χ2n) is 7.34. The van der Waals surface area contributed by atoms with E-state index in [1.807, 2.05) is 27.8 Å². The number of amides is 1. The fourth-order valence-corrected chi connectivity index (χ4v) is 2.64. The standard InChI is InChI=1S/C15H28N2O3/c1-14(2,3)20-13(18)16(5)12-6-8-17(9-7-12)10-15(4)11-19-15/h12H,6-11H2,1-5H3. The molecular weight excluding hydrogens is 256 g/mol. The third-order valence-electron chi connectivity index (χ3n) is 3.98. The summed E-state index contributed by atoms with van der Waals surface area (Å²) in [6.45, 7) is 11.8. The van der Waals surface area contributed by atoms with E-state index in [1.54, 1.807) is 4.90 Å². The fourth-order valence-electron chi connectivity index (χ4n) is 2.64. The molecule has 5 nitrogen and oxygen atoms in total. The van der Waals surface area contributed by atoms with Crippen molar-refractivity contribution in [3.8, 4) is 0 Å². The first-order chi connectivity index (χ1) is 9.19. The Balaban J connectivity index is 1.76. The van der Waals surface area contributed by atoms with E-state index >= 15 is 0 Å². The first-order valence-electron chi connectivity index (χ1n) is 7.51. The monoisotopic (exact) mass is 284 g/mol. The Morgan fingerprint density at radius 1 is 1.40 bits per heavy atom. The summed E-state index contributed by atoms with van der Waals surface area (Å²) in [6, 6.07) is 0.286. The van der Waals surface area contributed by atoms with Gasteiger partial charge in [-0.3, -0.25) is 0 Å². The molecule has 2 heterocycles. The maximum Gasteiger partial charge on any atom is 0.410 e. The summed E-state index contributed by atoms with van der Waals surface area (Å²) >= 11 is 0. The van der Waals surface area contributed by atoms with Gasteiger partial charge in [-0.05, 0) is 40.5 Å². The number of rotatable bonds is 3. The van der Waals surface area contributed by atoms with Gasteiger partial charge >= 0.3 is 6.09 Å². The van der Waals surface area contributed by atoms with Crippen molar-refractivity contribution in [1.82, 2.24) is 9.80 Å². The Morgan fingerprint density at radius 2 is 1.95 bits per heavy atom. The molecule has 0 aliphatic carbocycles. The van der Waals surface area contributed by atoms with Gasteiger partial charge in [0.2, 0.25) is 0 Å². The van der Waals surface area contributed by atoms with E-state index in [0.29, 0.717) is 0 Å². The summed E-state index contributed by atoms with van der Waals surface area (Å²) < 4.78 is 10.9. The Bertz CT molecular complexity index is 353. The highest BCUT2D eigenvalue weighted by molar-refractivity contribution is 5.68. The van der Waals surface area contributed by atoms with E-state index in [9.17, 15) is 4.79 Å². The number of epoxide rings is 1. The molecule has 0 aromatic rings. The molecule has 2 fully saturated rings. The van der Waals surface area contributed by atoms with Gasteiger partial charge in [0.15, 0.2) is 0 Å². The van der Waals surface area contributed by atoms with E-state index in [2.05, 4.69) is 11.8 Å². The second kappa shape index (κ2) is 5.53. The van der Waals surface area contributed by atoms with Crippen LogP contribution in [-0.2, 0) is 9.47 Å². The maximum atomic E-state index is 12.0. The summed E-state index contributed by atoms with van der Waals surface area (Å²) in [5.41, 5.74) is -0.339. The Labute approximate surface area is 122 Å². The van der Waals surface area contributed by atoms with Gasteiger partial charge in [0.05, 0.1) is 6.61 Å². The van der Waals surface area contributed by atoms with Crippen molar-refractivity contribution < 1.29 is 14.3 Å². The van der Waals surface area contributed by atoms with Gasteiger partial charge in [-0.1, -0.05) is 0 Å². The van der Waals surface area contributed by atoms with Gasteiger partial charge in [0.1, 0.15) is 11.2 Å². The minimum absolute atomic E-state index is 0.0872. The first-order valence-corrected chi connectivity index (χ1v) is 7.51. The number of carbonyl (C=O) groups is 1. The normalized spacial score (nSPS) is 28.2. The maximum absolute atomic E-state index is 12.0. The van der Waals surface area contributed by atoms with Gasteiger partial charge in [-0.2, -0.15) is 0 Å². The fraction of sp³-hybridized carbons (Fsp3) is 0.933. The zero-order chi connectivity index (χ0) is 15.0. The van der Waals surface area contributed by atoms with Crippen LogP contribution in [0.1, 0.15) is 40.5 Å². The van der Waals surface area contributed by atoms with Crippen LogP contribution in [0.5, 0.6) is 0 Å². The number of hydrogen-bond acceptors (Lipinski definition) is 4. The summed E-state index contributed by atoms with van der Waals surface area (Å²) in [5, 5.41) is 0. The van der Waals surface area contributed by atoms with E-state index in [4.69, 9.17) is 9.47 Å². The lowest BCUT2D eigenvalue weighted by atomic mass is 10.0. The molecule has 0 radical (unpaired) electrons. The molecule has 0 aromatic carbocycles. The van der Waals surface area contributed by atoms with Crippen LogP contribution >= 0.6 is 0 Å². The van der Waals surface area contributed by atoms with Crippen molar-refractivity contribution in [3.63, 3.8) is 0 Å². The summed E-state index contributed by atoms with van der Waals surface area (Å²) in [4.78, 5) is 16.2. The van der Waals surface area contributed by atoms with Crippen LogP contribution in [0.2, 0.25) is 0 Å². The molecule has 0 spiro atoms. The summed E-state index contributed by atoms with van der Waals surface area (Å²) in [5.74, 6) is 0.